The molecule has 0 fully saturated rings. The third kappa shape index (κ3) is 4.65. The van der Waals surface area contributed by atoms with Crippen LogP contribution in [0.25, 0.3) is 0 Å². The summed E-state index contributed by atoms with van der Waals surface area (Å²) in [4.78, 5) is 15.5. The number of hydrogen-bond donors (Lipinski definition) is 0. The molecular weight excluding hydrogens is 238 g/mol. The van der Waals surface area contributed by atoms with Crippen molar-refractivity contribution in [2.45, 2.75) is 12.7 Å². The number of thioether (sulfide) groups is 1. The summed E-state index contributed by atoms with van der Waals surface area (Å²) in [6.07, 6.45) is 0. The number of nitrogens with zero attached hydrogens (tertiary/aromatic N) is 1. The lowest BCUT2D eigenvalue weighted by Crippen LogP contribution is -2.14. The minimum Gasteiger partial charge on any atom is -0.481 e. The standard InChI is InChI=1S/C12H17NO3S/c1-9(12(14)16-3)7-17-8-10-5-4-6-11(13-10)15-2/h4-6,9H,7-8H2,1-3H3. The minimum absolute atomic E-state index is 0.0874. The van der Waals surface area contributed by atoms with Gasteiger partial charge in [-0.25, -0.2) is 4.98 Å². The summed E-state index contributed by atoms with van der Waals surface area (Å²) in [5, 5.41) is 0. The summed E-state index contributed by atoms with van der Waals surface area (Å²) in [6, 6.07) is 5.66. The van der Waals surface area contributed by atoms with Crippen molar-refractivity contribution in [2.75, 3.05) is 20.0 Å². The maximum absolute atomic E-state index is 11.2. The van der Waals surface area contributed by atoms with Gasteiger partial charge in [-0.05, 0) is 6.07 Å². The Morgan fingerprint density at radius 1 is 1.47 bits per heavy atom. The Bertz CT molecular complexity index is 371. The first-order valence-electron chi connectivity index (χ1n) is 5.33. The fourth-order valence-electron chi connectivity index (χ4n) is 1.26. The summed E-state index contributed by atoms with van der Waals surface area (Å²) in [5.41, 5.74) is 0.950. The smallest absolute Gasteiger partial charge is 0.309 e. The highest BCUT2D eigenvalue weighted by Gasteiger charge is 2.12. The number of rotatable bonds is 6. The Kier molecular flexibility index (Phi) is 5.83. The lowest BCUT2D eigenvalue weighted by molar-refractivity contribution is -0.143. The number of methoxy groups -OCH3 is 2. The number of aromatic nitrogens is 1. The van der Waals surface area contributed by atoms with E-state index in [4.69, 9.17) is 4.74 Å². The van der Waals surface area contributed by atoms with Crippen LogP contribution in [0.1, 0.15) is 12.6 Å². The minimum atomic E-state index is -0.170. The summed E-state index contributed by atoms with van der Waals surface area (Å²) >= 11 is 1.66. The molecule has 0 N–H and O–H groups in total. The molecule has 0 aromatic carbocycles. The van der Waals surface area contributed by atoms with Crippen molar-refractivity contribution in [1.29, 1.82) is 0 Å². The van der Waals surface area contributed by atoms with Gasteiger partial charge in [-0.2, -0.15) is 11.8 Å². The van der Waals surface area contributed by atoms with Crippen molar-refractivity contribution in [3.63, 3.8) is 0 Å². The van der Waals surface area contributed by atoms with Gasteiger partial charge in [0, 0.05) is 17.6 Å². The average Bonchev–Trinajstić information content (AvgIpc) is 2.37. The molecule has 5 heteroatoms. The van der Waals surface area contributed by atoms with Crippen molar-refractivity contribution in [1.82, 2.24) is 4.98 Å². The zero-order valence-corrected chi connectivity index (χ0v) is 11.1. The van der Waals surface area contributed by atoms with E-state index in [1.165, 1.54) is 7.11 Å². The van der Waals surface area contributed by atoms with E-state index in [0.717, 1.165) is 17.2 Å². The predicted octanol–water partition coefficient (Wildman–Crippen LogP) is 2.13. The van der Waals surface area contributed by atoms with Crippen LogP contribution in [0.5, 0.6) is 5.88 Å². The van der Waals surface area contributed by atoms with Crippen LogP contribution in [0, 0.1) is 5.92 Å². The first kappa shape index (κ1) is 13.8. The third-order valence-electron chi connectivity index (χ3n) is 2.21. The molecule has 0 amide bonds. The zero-order chi connectivity index (χ0) is 12.7. The van der Waals surface area contributed by atoms with Crippen LogP contribution in [-0.4, -0.2) is 30.9 Å². The molecule has 1 atom stereocenters. The molecule has 17 heavy (non-hydrogen) atoms. The summed E-state index contributed by atoms with van der Waals surface area (Å²) in [6.45, 7) is 1.86. The molecule has 1 heterocycles. The van der Waals surface area contributed by atoms with E-state index in [-0.39, 0.29) is 11.9 Å². The lowest BCUT2D eigenvalue weighted by atomic mass is 10.2. The molecule has 1 unspecified atom stereocenters. The van der Waals surface area contributed by atoms with E-state index in [1.807, 2.05) is 25.1 Å². The van der Waals surface area contributed by atoms with Crippen LogP contribution in [0.4, 0.5) is 0 Å². The molecule has 1 aromatic heterocycles. The van der Waals surface area contributed by atoms with Crippen LogP contribution in [0.3, 0.4) is 0 Å². The number of esters is 1. The SMILES string of the molecule is COC(=O)C(C)CSCc1cccc(OC)n1. The Hall–Kier alpha value is -1.23. The monoisotopic (exact) mass is 255 g/mol. The van der Waals surface area contributed by atoms with Gasteiger partial charge in [-0.1, -0.05) is 13.0 Å². The van der Waals surface area contributed by atoms with E-state index in [1.54, 1.807) is 18.9 Å². The Morgan fingerprint density at radius 2 is 2.24 bits per heavy atom. The number of carbonyl (C=O) groups excluding carboxylic acids is 1. The van der Waals surface area contributed by atoms with Crippen molar-refractivity contribution in [3.05, 3.63) is 23.9 Å². The van der Waals surface area contributed by atoms with E-state index in [0.29, 0.717) is 5.88 Å². The van der Waals surface area contributed by atoms with Gasteiger partial charge in [0.2, 0.25) is 5.88 Å². The normalized spacial score (nSPS) is 11.9. The number of ether oxygens (including phenoxy) is 2. The van der Waals surface area contributed by atoms with Gasteiger partial charge in [0.05, 0.1) is 25.8 Å². The second-order valence-electron chi connectivity index (χ2n) is 3.61. The zero-order valence-electron chi connectivity index (χ0n) is 10.3. The third-order valence-corrected chi connectivity index (χ3v) is 3.45. The highest BCUT2D eigenvalue weighted by atomic mass is 32.2. The molecule has 1 rings (SSSR count). The molecule has 0 saturated heterocycles. The van der Waals surface area contributed by atoms with Gasteiger partial charge < -0.3 is 9.47 Å². The lowest BCUT2D eigenvalue weighted by Gasteiger charge is -2.08. The first-order chi connectivity index (χ1) is 8.17. The number of hydrogen-bond acceptors (Lipinski definition) is 5. The average molecular weight is 255 g/mol. The van der Waals surface area contributed by atoms with Crippen LogP contribution < -0.4 is 4.74 Å². The summed E-state index contributed by atoms with van der Waals surface area (Å²) in [7, 11) is 3.01. The molecule has 0 spiro atoms. The Balaban J connectivity index is 2.37. The van der Waals surface area contributed by atoms with Crippen molar-refractivity contribution >= 4 is 17.7 Å². The highest BCUT2D eigenvalue weighted by Crippen LogP contribution is 2.16. The highest BCUT2D eigenvalue weighted by molar-refractivity contribution is 7.98. The van der Waals surface area contributed by atoms with E-state index >= 15 is 0 Å². The van der Waals surface area contributed by atoms with Crippen LogP contribution in [0.15, 0.2) is 18.2 Å². The van der Waals surface area contributed by atoms with Crippen molar-refractivity contribution < 1.29 is 14.3 Å². The fraction of sp³-hybridized carbons (Fsp3) is 0.500. The number of carbonyl (C=O) groups is 1. The van der Waals surface area contributed by atoms with Gasteiger partial charge in [0.15, 0.2) is 0 Å². The Labute approximate surface area is 106 Å². The van der Waals surface area contributed by atoms with E-state index in [9.17, 15) is 4.79 Å². The largest absolute Gasteiger partial charge is 0.481 e. The molecule has 4 nitrogen and oxygen atoms in total. The molecule has 0 radical (unpaired) electrons. The topological polar surface area (TPSA) is 48.4 Å². The van der Waals surface area contributed by atoms with Gasteiger partial charge >= 0.3 is 5.97 Å². The molecule has 0 bridgehead atoms. The van der Waals surface area contributed by atoms with Gasteiger partial charge in [0.25, 0.3) is 0 Å². The maximum Gasteiger partial charge on any atom is 0.309 e. The van der Waals surface area contributed by atoms with Gasteiger partial charge in [-0.15, -0.1) is 0 Å². The molecule has 94 valence electrons. The van der Waals surface area contributed by atoms with E-state index in [2.05, 4.69) is 9.72 Å². The van der Waals surface area contributed by atoms with Crippen molar-refractivity contribution in [3.8, 4) is 5.88 Å². The second-order valence-corrected chi connectivity index (χ2v) is 4.64. The van der Waals surface area contributed by atoms with Crippen LogP contribution >= 0.6 is 11.8 Å². The number of pyridine rings is 1. The van der Waals surface area contributed by atoms with Gasteiger partial charge in [0.1, 0.15) is 0 Å². The molecule has 0 saturated carbocycles. The van der Waals surface area contributed by atoms with E-state index < -0.39 is 0 Å². The second kappa shape index (κ2) is 7.17. The molecule has 0 aliphatic carbocycles. The molecular formula is C12H17NO3S. The quantitative estimate of drug-likeness (QED) is 0.729. The molecule has 1 aromatic rings. The molecule has 0 aliphatic rings. The maximum atomic E-state index is 11.2. The summed E-state index contributed by atoms with van der Waals surface area (Å²) < 4.78 is 9.71. The fourth-order valence-corrected chi connectivity index (χ4v) is 2.24. The molecule has 0 aliphatic heterocycles. The first-order valence-corrected chi connectivity index (χ1v) is 6.48. The van der Waals surface area contributed by atoms with Gasteiger partial charge in [-0.3, -0.25) is 4.79 Å². The van der Waals surface area contributed by atoms with Crippen molar-refractivity contribution in [2.24, 2.45) is 5.92 Å². The summed E-state index contributed by atoms with van der Waals surface area (Å²) in [5.74, 6) is 1.85. The Morgan fingerprint density at radius 3 is 2.88 bits per heavy atom. The van der Waals surface area contributed by atoms with Crippen LogP contribution in [-0.2, 0) is 15.3 Å². The van der Waals surface area contributed by atoms with Crippen LogP contribution in [0.2, 0.25) is 0 Å². The predicted molar refractivity (Wildman–Crippen MR) is 68.1 cm³/mol.